The van der Waals surface area contributed by atoms with Crippen molar-refractivity contribution in [1.29, 1.82) is 0 Å². The van der Waals surface area contributed by atoms with Crippen LogP contribution in [0.15, 0.2) is 0 Å². The zero-order valence-electron chi connectivity index (χ0n) is 1.63. The van der Waals surface area contributed by atoms with Crippen molar-refractivity contribution in [2.45, 2.75) is 0 Å². The molecule has 0 N–H and O–H groups in total. The van der Waals surface area contributed by atoms with Crippen LogP contribution in [-0.2, 0) is 0 Å². The Morgan fingerprint density at radius 2 is 0.500 bits per heavy atom. The van der Waals surface area contributed by atoms with Gasteiger partial charge in [0.2, 0.25) is 0 Å². The van der Waals surface area contributed by atoms with E-state index < -0.39 is 0 Å². The molecule has 0 saturated carbocycles. The average molecular weight is 353 g/mol. The fourth-order valence-electron chi connectivity index (χ4n) is 0. The number of hydrogen-bond acceptors (Lipinski definition) is 0. The first kappa shape index (κ1) is 40.1. The van der Waals surface area contributed by atoms with Gasteiger partial charge in [0.1, 0.15) is 0 Å². The maximum atomic E-state index is 0. The Morgan fingerprint density at radius 1 is 0.500 bits per heavy atom. The van der Waals surface area contributed by atoms with Crippen LogP contribution < -0.4 is 0 Å². The molecule has 0 aliphatic heterocycles. The molecule has 0 aliphatic rings. The van der Waals surface area contributed by atoms with Gasteiger partial charge in [-0.15, -0.1) is 37.2 Å². The monoisotopic (exact) mass is 346 g/mol. The molecule has 0 bridgehead atoms. The Hall–Kier alpha value is 1.86. The van der Waals surface area contributed by atoms with E-state index in [0.29, 0.717) is 0 Å². The third-order valence-electron chi connectivity index (χ3n) is 0. The Bertz CT molecular complexity index is 3.25. The predicted molar refractivity (Wildman–Crippen MR) is 21.7 cm³/mol. The number of hydrogen-bond donors (Lipinski definition) is 0. The molecule has 0 amide bonds. The van der Waals surface area contributed by atoms with E-state index in [-0.39, 0.29) is 66.4 Å². The summed E-state index contributed by atoms with van der Waals surface area (Å²) >= 11 is 0. The van der Waals surface area contributed by atoms with Gasteiger partial charge in [-0.3, -0.25) is 0 Å². The van der Waals surface area contributed by atoms with Gasteiger partial charge in [-0.05, 0) is 0 Å². The average Bonchev–Trinajstić information content (AvgIpc) is 0. The molecule has 0 rings (SSSR count). The van der Waals surface area contributed by atoms with Crippen LogP contribution in [0, 0.1) is 29.2 Å². The van der Waals surface area contributed by atoms with Crippen molar-refractivity contribution in [3.63, 3.8) is 0 Å². The molecule has 0 aliphatic carbocycles. The van der Waals surface area contributed by atoms with Crippen LogP contribution in [-0.4, -0.2) is 0 Å². The third-order valence-corrected chi connectivity index (χ3v) is 0. The molecular weight excluding hydrogens is 350 g/mol. The van der Waals surface area contributed by atoms with E-state index in [1.165, 1.54) is 0 Å². The Morgan fingerprint density at radius 3 is 0.500 bits per heavy atom. The molecule has 0 heterocycles. The maximum Gasteiger partial charge on any atom is 0 e. The van der Waals surface area contributed by atoms with E-state index in [0.717, 1.165) is 0 Å². The second-order valence-electron chi connectivity index (χ2n) is 0. The van der Waals surface area contributed by atoms with Crippen LogP contribution in [0.1, 0.15) is 0 Å². The first-order valence-corrected chi connectivity index (χ1v) is 0. The van der Waals surface area contributed by atoms with Gasteiger partial charge in [0, 0.05) is 29.2 Å². The molecule has 0 aromatic heterocycles. The largest absolute Gasteiger partial charge is 0.147 e. The number of halogens is 3. The van der Waals surface area contributed by atoms with E-state index in [1.807, 2.05) is 0 Å². The SMILES string of the molecule is Cl.Cl.Cl.[Pu]. The molecule has 0 aromatic carbocycles. The van der Waals surface area contributed by atoms with E-state index in [9.17, 15) is 0 Å². The van der Waals surface area contributed by atoms with E-state index in [2.05, 4.69) is 0 Å². The first-order chi connectivity index (χ1) is 0. The maximum absolute atomic E-state index is 0. The smallest absolute Gasteiger partial charge is 0 e. The van der Waals surface area contributed by atoms with Crippen LogP contribution in [0.5, 0.6) is 0 Å². The van der Waals surface area contributed by atoms with Gasteiger partial charge in [-0.2, -0.15) is 0 Å². The minimum atomic E-state index is 0. The fourth-order valence-corrected chi connectivity index (χ4v) is 0. The van der Waals surface area contributed by atoms with Crippen molar-refractivity contribution in [1.82, 2.24) is 0 Å². The Balaban J connectivity index is 0. The summed E-state index contributed by atoms with van der Waals surface area (Å²) in [7, 11) is 0. The standard InChI is InChI=1S/3ClH.Pu/h3*1H;. The van der Waals surface area contributed by atoms with Crippen LogP contribution >= 0.6 is 37.2 Å². The number of rotatable bonds is 0. The molecule has 4 heteroatoms. The van der Waals surface area contributed by atoms with Gasteiger partial charge in [-0.1, -0.05) is 0 Å². The van der Waals surface area contributed by atoms with Crippen molar-refractivity contribution in [3.05, 3.63) is 0 Å². The zero-order chi connectivity index (χ0) is 0. The van der Waals surface area contributed by atoms with E-state index >= 15 is 0 Å². The quantitative estimate of drug-likeness (QED) is 0.615. The van der Waals surface area contributed by atoms with Crippen molar-refractivity contribution in [3.8, 4) is 0 Å². The summed E-state index contributed by atoms with van der Waals surface area (Å²) < 4.78 is 0. The third kappa shape index (κ3) is 9.13. The molecule has 0 aromatic rings. The second kappa shape index (κ2) is 21.0. The van der Waals surface area contributed by atoms with Crippen LogP contribution in [0.2, 0.25) is 0 Å². The molecule has 4 heavy (non-hydrogen) atoms. The Kier molecular flexibility index (Phi) is 210. The van der Waals surface area contributed by atoms with Gasteiger partial charge >= 0.3 is 0 Å². The van der Waals surface area contributed by atoms with Crippen molar-refractivity contribution in [2.75, 3.05) is 0 Å². The van der Waals surface area contributed by atoms with Gasteiger partial charge in [0.05, 0.1) is 0 Å². The molecule has 0 radical (unpaired) electrons. The zero-order valence-corrected chi connectivity index (χ0v) is 7.48. The predicted octanol–water partition coefficient (Wildman–Crippen LogP) is 1.27. The van der Waals surface area contributed by atoms with Crippen molar-refractivity contribution >= 4 is 37.2 Å². The van der Waals surface area contributed by atoms with Crippen molar-refractivity contribution < 1.29 is 29.2 Å². The van der Waals surface area contributed by atoms with Gasteiger partial charge in [-0.25, -0.2) is 0 Å². The summed E-state index contributed by atoms with van der Waals surface area (Å²) in [5.41, 5.74) is 0. The molecular formula is H3Cl3Pu. The van der Waals surface area contributed by atoms with Gasteiger partial charge < -0.3 is 0 Å². The van der Waals surface area contributed by atoms with E-state index in [1.54, 1.807) is 0 Å². The van der Waals surface area contributed by atoms with Crippen LogP contribution in [0.3, 0.4) is 0 Å². The van der Waals surface area contributed by atoms with E-state index in [4.69, 9.17) is 0 Å². The minimum Gasteiger partial charge on any atom is -0.147 e. The summed E-state index contributed by atoms with van der Waals surface area (Å²) in [6, 6.07) is 0. The minimum absolute atomic E-state index is 0. The summed E-state index contributed by atoms with van der Waals surface area (Å²) in [5, 5.41) is 0. The molecule has 0 nitrogen and oxygen atoms in total. The molecule has 0 unspecified atom stereocenters. The molecule has 30 valence electrons. The topological polar surface area (TPSA) is 0 Å². The normalized spacial score (nSPS) is 0. The van der Waals surface area contributed by atoms with Gasteiger partial charge in [0.25, 0.3) is 0 Å². The van der Waals surface area contributed by atoms with Crippen LogP contribution in [0.25, 0.3) is 0 Å². The molecule has 0 saturated heterocycles. The summed E-state index contributed by atoms with van der Waals surface area (Å²) in [6.07, 6.45) is 0. The molecule has 0 spiro atoms. The van der Waals surface area contributed by atoms with Crippen LogP contribution in [0.4, 0.5) is 0 Å². The summed E-state index contributed by atoms with van der Waals surface area (Å²) in [5.74, 6) is 0. The van der Waals surface area contributed by atoms with Crippen molar-refractivity contribution in [2.24, 2.45) is 0 Å². The molecule has 0 fully saturated rings. The first-order valence-electron chi connectivity index (χ1n) is 0. The second-order valence-corrected chi connectivity index (χ2v) is 0. The summed E-state index contributed by atoms with van der Waals surface area (Å²) in [6.45, 7) is 0. The summed E-state index contributed by atoms with van der Waals surface area (Å²) in [4.78, 5) is 0. The van der Waals surface area contributed by atoms with Gasteiger partial charge in [0.15, 0.2) is 0 Å². The fraction of sp³-hybridized carbons (Fsp3) is 0. The molecule has 0 atom stereocenters. The Labute approximate surface area is 65.9 Å².